The van der Waals surface area contributed by atoms with Crippen LogP contribution in [0.4, 0.5) is 8.78 Å². The molecule has 20 heavy (non-hydrogen) atoms. The molecule has 112 valence electrons. The van der Waals surface area contributed by atoms with Crippen LogP contribution >= 0.6 is 0 Å². The van der Waals surface area contributed by atoms with Gasteiger partial charge in [-0.3, -0.25) is 9.48 Å². The molecule has 1 aliphatic carbocycles. The van der Waals surface area contributed by atoms with Gasteiger partial charge in [0.05, 0.1) is 11.8 Å². The fourth-order valence-corrected chi connectivity index (χ4v) is 2.29. The van der Waals surface area contributed by atoms with Crippen LogP contribution in [0.25, 0.3) is 0 Å². The van der Waals surface area contributed by atoms with Crippen molar-refractivity contribution in [3.63, 3.8) is 0 Å². The third kappa shape index (κ3) is 3.35. The van der Waals surface area contributed by atoms with Crippen molar-refractivity contribution in [3.8, 4) is 0 Å². The summed E-state index contributed by atoms with van der Waals surface area (Å²) in [6.45, 7) is 6.14. The summed E-state index contributed by atoms with van der Waals surface area (Å²) in [5.74, 6) is 0.225. The van der Waals surface area contributed by atoms with Crippen LogP contribution in [-0.2, 0) is 6.54 Å². The molecule has 4 nitrogen and oxygen atoms in total. The molecule has 1 N–H and O–H groups in total. The number of halogens is 2. The Morgan fingerprint density at radius 1 is 1.45 bits per heavy atom. The molecule has 1 heterocycles. The lowest BCUT2D eigenvalue weighted by molar-refractivity contribution is 0.0917. The number of alkyl halides is 2. The van der Waals surface area contributed by atoms with Crippen molar-refractivity contribution in [2.75, 3.05) is 0 Å². The molecule has 0 aliphatic heterocycles. The molecular weight excluding hydrogens is 264 g/mol. The molecule has 1 aromatic rings. The highest BCUT2D eigenvalue weighted by atomic mass is 19.3. The Hall–Kier alpha value is -1.46. The van der Waals surface area contributed by atoms with Gasteiger partial charge in [-0.2, -0.15) is 5.10 Å². The molecule has 0 saturated heterocycles. The van der Waals surface area contributed by atoms with Crippen LogP contribution in [0, 0.1) is 11.8 Å². The van der Waals surface area contributed by atoms with Gasteiger partial charge in [0.15, 0.2) is 0 Å². The Balaban J connectivity index is 2.17. The molecule has 1 atom stereocenters. The molecule has 0 bridgehead atoms. The Morgan fingerprint density at radius 3 is 2.60 bits per heavy atom. The Labute approximate surface area is 117 Å². The first-order chi connectivity index (χ1) is 9.40. The Bertz CT molecular complexity index is 481. The van der Waals surface area contributed by atoms with E-state index in [-0.39, 0.29) is 23.2 Å². The van der Waals surface area contributed by atoms with Gasteiger partial charge in [0.2, 0.25) is 0 Å². The van der Waals surface area contributed by atoms with Crippen LogP contribution in [0.2, 0.25) is 0 Å². The van der Waals surface area contributed by atoms with E-state index in [9.17, 15) is 13.6 Å². The highest BCUT2D eigenvalue weighted by molar-refractivity contribution is 5.95. The van der Waals surface area contributed by atoms with Crippen LogP contribution in [-0.4, -0.2) is 21.7 Å². The number of carbonyl (C=O) groups is 1. The van der Waals surface area contributed by atoms with E-state index in [2.05, 4.69) is 10.4 Å². The number of hydrogen-bond acceptors (Lipinski definition) is 2. The number of nitrogens with zero attached hydrogens (tertiary/aromatic N) is 2. The van der Waals surface area contributed by atoms with Crippen LogP contribution in [0.15, 0.2) is 6.20 Å². The molecule has 1 aliphatic rings. The third-order valence-electron chi connectivity index (χ3n) is 3.56. The van der Waals surface area contributed by atoms with E-state index in [1.54, 1.807) is 0 Å². The number of aromatic nitrogens is 2. The Morgan fingerprint density at radius 2 is 2.10 bits per heavy atom. The van der Waals surface area contributed by atoms with Gasteiger partial charge in [0, 0.05) is 12.6 Å². The van der Waals surface area contributed by atoms with E-state index in [4.69, 9.17) is 0 Å². The zero-order valence-corrected chi connectivity index (χ0v) is 12.1. The van der Waals surface area contributed by atoms with E-state index in [0.29, 0.717) is 12.5 Å². The van der Waals surface area contributed by atoms with Crippen molar-refractivity contribution in [1.82, 2.24) is 15.1 Å². The van der Waals surface area contributed by atoms with Crippen molar-refractivity contribution >= 4 is 5.91 Å². The minimum absolute atomic E-state index is 0.00634. The maximum Gasteiger partial charge on any atom is 0.280 e. The van der Waals surface area contributed by atoms with E-state index < -0.39 is 12.3 Å². The largest absolute Gasteiger partial charge is 0.349 e. The van der Waals surface area contributed by atoms with Gasteiger partial charge in [-0.1, -0.05) is 13.8 Å². The normalized spacial score (nSPS) is 16.8. The summed E-state index contributed by atoms with van der Waals surface area (Å²) in [5, 5.41) is 6.74. The average Bonchev–Trinajstić information content (AvgIpc) is 3.10. The number of nitrogens with one attached hydrogen (secondary N) is 1. The first-order valence-corrected chi connectivity index (χ1v) is 7.04. The van der Waals surface area contributed by atoms with Crippen molar-refractivity contribution in [2.45, 2.75) is 52.6 Å². The lowest BCUT2D eigenvalue weighted by atomic mass is 10.1. The van der Waals surface area contributed by atoms with Gasteiger partial charge in [-0.25, -0.2) is 8.78 Å². The summed E-state index contributed by atoms with van der Waals surface area (Å²) in [7, 11) is 0. The minimum Gasteiger partial charge on any atom is -0.349 e. The quantitative estimate of drug-likeness (QED) is 0.873. The Kier molecular flexibility index (Phi) is 4.40. The number of hydrogen-bond donors (Lipinski definition) is 1. The fraction of sp³-hybridized carbons (Fsp3) is 0.714. The second-order valence-corrected chi connectivity index (χ2v) is 5.92. The highest BCUT2D eigenvalue weighted by Gasteiger charge is 2.31. The monoisotopic (exact) mass is 285 g/mol. The fourth-order valence-electron chi connectivity index (χ4n) is 2.29. The minimum atomic E-state index is -2.70. The molecule has 1 saturated carbocycles. The predicted octanol–water partition coefficient (Wildman–Crippen LogP) is 3.01. The molecule has 2 rings (SSSR count). The van der Waals surface area contributed by atoms with Gasteiger partial charge in [-0.05, 0) is 31.6 Å². The van der Waals surface area contributed by atoms with Crippen molar-refractivity contribution in [1.29, 1.82) is 0 Å². The molecule has 1 fully saturated rings. The van der Waals surface area contributed by atoms with Gasteiger partial charge >= 0.3 is 0 Å². The first kappa shape index (κ1) is 14.9. The lowest BCUT2D eigenvalue weighted by Crippen LogP contribution is -2.34. The summed E-state index contributed by atoms with van der Waals surface area (Å²) in [6, 6.07) is 0.0291. The zero-order chi connectivity index (χ0) is 14.9. The molecule has 1 aromatic heterocycles. The van der Waals surface area contributed by atoms with Crippen LogP contribution < -0.4 is 5.32 Å². The van der Waals surface area contributed by atoms with E-state index in [1.165, 1.54) is 10.9 Å². The summed E-state index contributed by atoms with van der Waals surface area (Å²) in [6.07, 6.45) is 0.734. The molecule has 0 unspecified atom stereocenters. The van der Waals surface area contributed by atoms with Crippen LogP contribution in [0.1, 0.15) is 56.1 Å². The van der Waals surface area contributed by atoms with Crippen molar-refractivity contribution in [3.05, 3.63) is 17.5 Å². The summed E-state index contributed by atoms with van der Waals surface area (Å²) >= 11 is 0. The average molecular weight is 285 g/mol. The molecule has 0 aromatic carbocycles. The molecular formula is C14H21F2N3O. The molecule has 0 spiro atoms. The van der Waals surface area contributed by atoms with E-state index in [1.807, 2.05) is 20.8 Å². The van der Waals surface area contributed by atoms with Gasteiger partial charge in [0.1, 0.15) is 5.69 Å². The van der Waals surface area contributed by atoms with Crippen LogP contribution in [0.5, 0.6) is 0 Å². The smallest absolute Gasteiger partial charge is 0.280 e. The summed E-state index contributed by atoms with van der Waals surface area (Å²) in [5.41, 5.74) is -0.285. The van der Waals surface area contributed by atoms with Crippen molar-refractivity contribution in [2.24, 2.45) is 11.8 Å². The summed E-state index contributed by atoms with van der Waals surface area (Å²) in [4.78, 5) is 12.1. The van der Waals surface area contributed by atoms with Gasteiger partial charge in [0.25, 0.3) is 12.3 Å². The lowest BCUT2D eigenvalue weighted by Gasteiger charge is -2.14. The van der Waals surface area contributed by atoms with Gasteiger partial charge < -0.3 is 5.32 Å². The van der Waals surface area contributed by atoms with Crippen molar-refractivity contribution < 1.29 is 13.6 Å². The molecule has 0 radical (unpaired) electrons. The van der Waals surface area contributed by atoms with Gasteiger partial charge in [-0.15, -0.1) is 0 Å². The second-order valence-electron chi connectivity index (χ2n) is 5.92. The third-order valence-corrected chi connectivity index (χ3v) is 3.56. The second kappa shape index (κ2) is 5.89. The number of carbonyl (C=O) groups excluding carboxylic acids is 1. The first-order valence-electron chi connectivity index (χ1n) is 7.04. The van der Waals surface area contributed by atoms with E-state index >= 15 is 0 Å². The topological polar surface area (TPSA) is 46.9 Å². The van der Waals surface area contributed by atoms with E-state index in [0.717, 1.165) is 12.8 Å². The maximum absolute atomic E-state index is 13.2. The molecule has 6 heteroatoms. The highest BCUT2D eigenvalue weighted by Crippen LogP contribution is 2.32. The predicted molar refractivity (Wildman–Crippen MR) is 71.7 cm³/mol. The number of amides is 1. The number of rotatable bonds is 6. The van der Waals surface area contributed by atoms with Crippen LogP contribution in [0.3, 0.4) is 0 Å². The standard InChI is InChI=1S/C14H21F2N3O/c1-8(2)7-19-12(13(15)16)11(6-17-19)14(20)18-9(3)10-4-5-10/h6,8-10,13H,4-5,7H2,1-3H3,(H,18,20)/t9-/m0/s1. The molecule has 1 amide bonds. The zero-order valence-electron chi connectivity index (χ0n) is 12.1. The SMILES string of the molecule is CC(C)Cn1ncc(C(=O)N[C@@H](C)C2CC2)c1C(F)F. The summed E-state index contributed by atoms with van der Waals surface area (Å²) < 4.78 is 27.6. The maximum atomic E-state index is 13.2.